The Morgan fingerprint density at radius 1 is 1.11 bits per heavy atom. The molecule has 1 unspecified atom stereocenters. The summed E-state index contributed by atoms with van der Waals surface area (Å²) in [6.07, 6.45) is 1.63. The maximum Gasteiger partial charge on any atom is 0.257 e. The number of carbonyl (C=O) groups excluding carboxylic acids is 1. The molecule has 0 saturated heterocycles. The van der Waals surface area contributed by atoms with Gasteiger partial charge in [-0.2, -0.15) is 5.10 Å². The van der Waals surface area contributed by atoms with E-state index in [1.54, 1.807) is 30.0 Å². The molecule has 0 fully saturated rings. The second-order valence-electron chi connectivity index (χ2n) is 6.27. The number of nitrogens with two attached hydrogens (primary N) is 1. The second kappa shape index (κ2) is 8.18. The van der Waals surface area contributed by atoms with Crippen molar-refractivity contribution < 1.29 is 9.00 Å². The number of aromatic nitrogens is 2. The van der Waals surface area contributed by atoms with Crippen LogP contribution in [0, 0.1) is 6.92 Å². The van der Waals surface area contributed by atoms with Gasteiger partial charge in [-0.15, -0.1) is 0 Å². The number of carbonyl (C=O) groups is 1. The summed E-state index contributed by atoms with van der Waals surface area (Å²) in [6, 6.07) is 17.1. The van der Waals surface area contributed by atoms with Crippen molar-refractivity contribution in [3.8, 4) is 0 Å². The summed E-state index contributed by atoms with van der Waals surface area (Å²) in [7, 11) is -1.02. The van der Waals surface area contributed by atoms with Crippen molar-refractivity contribution in [3.05, 3.63) is 77.0 Å². The molecule has 1 heterocycles. The molecule has 7 heteroatoms. The molecule has 6 nitrogen and oxygen atoms in total. The molecule has 1 amide bonds. The van der Waals surface area contributed by atoms with E-state index in [-0.39, 0.29) is 5.91 Å². The van der Waals surface area contributed by atoms with Gasteiger partial charge in [0.05, 0.1) is 12.2 Å². The van der Waals surface area contributed by atoms with Crippen molar-refractivity contribution in [3.63, 3.8) is 0 Å². The first-order valence-corrected chi connectivity index (χ1v) is 10.1. The number of nitrogen functional groups attached to an aromatic ring is 1. The molecule has 140 valence electrons. The largest absolute Gasteiger partial charge is 0.383 e. The lowest BCUT2D eigenvalue weighted by atomic mass is 10.2. The molecule has 0 radical (unpaired) electrons. The molecule has 0 saturated carbocycles. The molecule has 2 aromatic carbocycles. The summed E-state index contributed by atoms with van der Waals surface area (Å²) in [5.74, 6) is 0.0954. The van der Waals surface area contributed by atoms with E-state index < -0.39 is 10.8 Å². The fraction of sp³-hybridized carbons (Fsp3) is 0.200. The number of aryl methyl sites for hydroxylation is 1. The van der Waals surface area contributed by atoms with Crippen molar-refractivity contribution in [2.24, 2.45) is 0 Å². The highest BCUT2D eigenvalue weighted by Gasteiger charge is 2.19. The van der Waals surface area contributed by atoms with E-state index in [9.17, 15) is 9.00 Å². The zero-order chi connectivity index (χ0) is 19.4. The van der Waals surface area contributed by atoms with E-state index in [0.717, 1.165) is 16.0 Å². The Morgan fingerprint density at radius 2 is 1.78 bits per heavy atom. The van der Waals surface area contributed by atoms with Crippen LogP contribution in [0.15, 0.2) is 59.5 Å². The third-order valence-corrected chi connectivity index (χ3v) is 5.21. The number of nitrogens with zero attached hydrogens (tertiary/aromatic N) is 2. The van der Waals surface area contributed by atoms with Gasteiger partial charge in [0, 0.05) is 28.5 Å². The van der Waals surface area contributed by atoms with E-state index in [1.807, 2.05) is 42.5 Å². The zero-order valence-electron chi connectivity index (χ0n) is 15.3. The molecule has 27 heavy (non-hydrogen) atoms. The third kappa shape index (κ3) is 4.43. The molecule has 0 aliphatic rings. The van der Waals surface area contributed by atoms with Crippen LogP contribution >= 0.6 is 0 Å². The van der Waals surface area contributed by atoms with Crippen LogP contribution in [0.5, 0.6) is 0 Å². The summed E-state index contributed by atoms with van der Waals surface area (Å²) in [4.78, 5) is 13.4. The van der Waals surface area contributed by atoms with Gasteiger partial charge >= 0.3 is 0 Å². The van der Waals surface area contributed by atoms with Crippen LogP contribution in [0.3, 0.4) is 0 Å². The van der Waals surface area contributed by atoms with Crippen LogP contribution in [0.4, 0.5) is 5.82 Å². The number of rotatable bonds is 6. The number of nitrogens with one attached hydrogen (secondary N) is 1. The van der Waals surface area contributed by atoms with Crippen molar-refractivity contribution in [1.82, 2.24) is 15.1 Å². The standard InChI is InChI=1S/C20H22N4O2S/c1-14-18(19(21)24(23-14)13-16-6-4-3-5-7-16)20(25)22-12-15-8-10-17(11-9-15)27(2)26/h3-11H,12-13,21H2,1-2H3,(H,22,25). The molecular weight excluding hydrogens is 360 g/mol. The minimum Gasteiger partial charge on any atom is -0.383 e. The van der Waals surface area contributed by atoms with Gasteiger partial charge in [0.2, 0.25) is 0 Å². The van der Waals surface area contributed by atoms with Gasteiger partial charge in [-0.3, -0.25) is 9.00 Å². The fourth-order valence-corrected chi connectivity index (χ4v) is 3.35. The number of amides is 1. The van der Waals surface area contributed by atoms with Gasteiger partial charge in [0.25, 0.3) is 5.91 Å². The number of anilines is 1. The number of benzene rings is 2. The molecule has 3 N–H and O–H groups in total. The predicted octanol–water partition coefficient (Wildman–Crippen LogP) is 2.49. The molecule has 1 aromatic heterocycles. The average molecular weight is 382 g/mol. The highest BCUT2D eigenvalue weighted by molar-refractivity contribution is 7.84. The summed E-state index contributed by atoms with van der Waals surface area (Å²) in [5, 5.41) is 7.28. The Morgan fingerprint density at radius 3 is 2.41 bits per heavy atom. The predicted molar refractivity (Wildman–Crippen MR) is 107 cm³/mol. The van der Waals surface area contributed by atoms with Gasteiger partial charge < -0.3 is 11.1 Å². The van der Waals surface area contributed by atoms with Crippen molar-refractivity contribution in [2.45, 2.75) is 24.9 Å². The fourth-order valence-electron chi connectivity index (χ4n) is 2.83. The molecule has 3 rings (SSSR count). The van der Waals surface area contributed by atoms with Gasteiger partial charge in [0.1, 0.15) is 11.4 Å². The first kappa shape index (κ1) is 18.8. The Labute approximate surface area is 160 Å². The van der Waals surface area contributed by atoms with E-state index in [4.69, 9.17) is 5.73 Å². The minimum atomic E-state index is -1.02. The molecule has 1 atom stereocenters. The van der Waals surface area contributed by atoms with E-state index in [2.05, 4.69) is 10.4 Å². The average Bonchev–Trinajstić information content (AvgIpc) is 2.94. The van der Waals surface area contributed by atoms with Gasteiger partial charge in [-0.1, -0.05) is 42.5 Å². The van der Waals surface area contributed by atoms with Crippen LogP contribution in [0.2, 0.25) is 0 Å². The highest BCUT2D eigenvalue weighted by atomic mass is 32.2. The molecule has 0 aliphatic carbocycles. The van der Waals surface area contributed by atoms with Gasteiger partial charge in [-0.05, 0) is 30.2 Å². The maximum atomic E-state index is 12.6. The smallest absolute Gasteiger partial charge is 0.257 e. The maximum absolute atomic E-state index is 12.6. The Kier molecular flexibility index (Phi) is 5.71. The van der Waals surface area contributed by atoms with Crippen molar-refractivity contribution in [1.29, 1.82) is 0 Å². The van der Waals surface area contributed by atoms with Crippen LogP contribution in [-0.2, 0) is 23.9 Å². The van der Waals surface area contributed by atoms with Crippen LogP contribution in [0.25, 0.3) is 0 Å². The summed E-state index contributed by atoms with van der Waals surface area (Å²) in [5.41, 5.74) is 9.16. The normalized spacial score (nSPS) is 11.9. The van der Waals surface area contributed by atoms with Crippen LogP contribution in [-0.4, -0.2) is 26.2 Å². The lowest BCUT2D eigenvalue weighted by molar-refractivity contribution is 0.0951. The quantitative estimate of drug-likeness (QED) is 0.685. The summed E-state index contributed by atoms with van der Waals surface area (Å²) < 4.78 is 13.1. The SMILES string of the molecule is Cc1nn(Cc2ccccc2)c(N)c1C(=O)NCc1ccc(S(C)=O)cc1. The Balaban J connectivity index is 1.70. The highest BCUT2D eigenvalue weighted by Crippen LogP contribution is 2.18. The first-order valence-electron chi connectivity index (χ1n) is 8.53. The third-order valence-electron chi connectivity index (χ3n) is 4.28. The summed E-state index contributed by atoms with van der Waals surface area (Å²) >= 11 is 0. The molecule has 3 aromatic rings. The molecule has 0 spiro atoms. The van der Waals surface area contributed by atoms with Gasteiger partial charge in [-0.25, -0.2) is 4.68 Å². The van der Waals surface area contributed by atoms with Crippen molar-refractivity contribution in [2.75, 3.05) is 12.0 Å². The second-order valence-corrected chi connectivity index (χ2v) is 7.65. The number of hydrogen-bond donors (Lipinski definition) is 2. The monoisotopic (exact) mass is 382 g/mol. The minimum absolute atomic E-state index is 0.257. The van der Waals surface area contributed by atoms with Gasteiger partial charge in [0.15, 0.2) is 0 Å². The zero-order valence-corrected chi connectivity index (χ0v) is 16.1. The molecular formula is C20H22N4O2S. The molecule has 0 aliphatic heterocycles. The Bertz CT molecular complexity index is 966. The lowest BCUT2D eigenvalue weighted by Gasteiger charge is -2.07. The Hall–Kier alpha value is -2.93. The topological polar surface area (TPSA) is 90.0 Å². The van der Waals surface area contributed by atoms with Crippen LogP contribution in [0.1, 0.15) is 27.2 Å². The van der Waals surface area contributed by atoms with Crippen LogP contribution < -0.4 is 11.1 Å². The first-order chi connectivity index (χ1) is 13.0. The molecule has 0 bridgehead atoms. The summed E-state index contributed by atoms with van der Waals surface area (Å²) in [6.45, 7) is 2.65. The van der Waals surface area contributed by atoms with E-state index >= 15 is 0 Å². The van der Waals surface area contributed by atoms with Crippen molar-refractivity contribution >= 4 is 22.5 Å². The van der Waals surface area contributed by atoms with E-state index in [0.29, 0.717) is 30.2 Å². The number of hydrogen-bond acceptors (Lipinski definition) is 4. The lowest BCUT2D eigenvalue weighted by Crippen LogP contribution is -2.24. The van der Waals surface area contributed by atoms with E-state index in [1.165, 1.54) is 0 Å².